The molecule has 0 aliphatic heterocycles. The molecule has 148 valence electrons. The Morgan fingerprint density at radius 3 is 2.89 bits per heavy atom. The van der Waals surface area contributed by atoms with E-state index in [1.807, 2.05) is 29.2 Å². The van der Waals surface area contributed by atoms with Gasteiger partial charge in [0, 0.05) is 46.6 Å². The highest BCUT2D eigenvalue weighted by Crippen LogP contribution is 2.32. The highest BCUT2D eigenvalue weighted by atomic mass is 32.1. The summed E-state index contributed by atoms with van der Waals surface area (Å²) >= 11 is 1.54. The molecule has 3 aromatic rings. The van der Waals surface area contributed by atoms with Crippen LogP contribution in [-0.4, -0.2) is 31.1 Å². The number of halogens is 2. The van der Waals surface area contributed by atoms with E-state index >= 15 is 0 Å². The molecule has 28 heavy (non-hydrogen) atoms. The number of nitrogens with one attached hydrogen (secondary N) is 1. The van der Waals surface area contributed by atoms with Gasteiger partial charge < -0.3 is 5.73 Å². The average Bonchev–Trinajstić information content (AvgIpc) is 3.05. The van der Waals surface area contributed by atoms with Gasteiger partial charge in [-0.2, -0.15) is 19.0 Å². The van der Waals surface area contributed by atoms with Gasteiger partial charge in [0.25, 0.3) is 6.08 Å². The third-order valence-electron chi connectivity index (χ3n) is 4.76. The van der Waals surface area contributed by atoms with Crippen LogP contribution in [0.3, 0.4) is 0 Å². The van der Waals surface area contributed by atoms with E-state index in [4.69, 9.17) is 5.73 Å². The molecule has 3 N–H and O–H groups in total. The second kappa shape index (κ2) is 7.80. The van der Waals surface area contributed by atoms with Crippen molar-refractivity contribution in [3.8, 4) is 10.4 Å². The van der Waals surface area contributed by atoms with Crippen LogP contribution < -0.4 is 11.4 Å². The molecule has 1 aliphatic carbocycles. The maximum absolute atomic E-state index is 12.9. The number of thiophene rings is 1. The first kappa shape index (κ1) is 18.8. The van der Waals surface area contributed by atoms with E-state index in [9.17, 15) is 13.6 Å². The van der Waals surface area contributed by atoms with Crippen LogP contribution in [0.1, 0.15) is 23.5 Å². The molecule has 0 spiro atoms. The third-order valence-corrected chi connectivity index (χ3v) is 5.88. The highest BCUT2D eigenvalue weighted by Gasteiger charge is 2.22. The minimum atomic E-state index is -1.83. The first-order chi connectivity index (χ1) is 13.5. The largest absolute Gasteiger partial charge is 0.343 e. The Bertz CT molecular complexity index is 1050. The molecule has 4 rings (SSSR count). The Morgan fingerprint density at radius 2 is 2.18 bits per heavy atom. The summed E-state index contributed by atoms with van der Waals surface area (Å²) in [6.07, 6.45) is 4.43. The normalized spacial score (nSPS) is 13.8. The molecule has 10 heteroatoms. The Balaban J connectivity index is 1.51. The van der Waals surface area contributed by atoms with Gasteiger partial charge in [0.2, 0.25) is 0 Å². The number of nitrogens with two attached hydrogens (primary N) is 1. The lowest BCUT2D eigenvalue weighted by molar-refractivity contribution is 0.407. The fourth-order valence-electron chi connectivity index (χ4n) is 2.98. The van der Waals surface area contributed by atoms with Gasteiger partial charge >= 0.3 is 5.69 Å². The smallest absolute Gasteiger partial charge is 0.327 e. The molecule has 1 aliphatic rings. The van der Waals surface area contributed by atoms with Crippen molar-refractivity contribution >= 4 is 11.3 Å². The van der Waals surface area contributed by atoms with E-state index in [-0.39, 0.29) is 30.9 Å². The number of hydrogen-bond acceptors (Lipinski definition) is 5. The molecular weight excluding hydrogens is 386 g/mol. The van der Waals surface area contributed by atoms with Crippen LogP contribution in [0.2, 0.25) is 0 Å². The summed E-state index contributed by atoms with van der Waals surface area (Å²) in [7, 11) is 0. The van der Waals surface area contributed by atoms with Crippen molar-refractivity contribution in [1.82, 2.24) is 24.5 Å². The fourth-order valence-corrected chi connectivity index (χ4v) is 3.96. The molecule has 0 unspecified atom stereocenters. The van der Waals surface area contributed by atoms with Gasteiger partial charge in [-0.25, -0.2) is 9.89 Å². The van der Waals surface area contributed by atoms with Gasteiger partial charge in [0.05, 0.1) is 12.7 Å². The quantitative estimate of drug-likeness (QED) is 0.601. The second-order valence-corrected chi connectivity index (χ2v) is 8.10. The minimum absolute atomic E-state index is 0.163. The number of H-pyrrole nitrogens is 1. The van der Waals surface area contributed by atoms with E-state index in [1.165, 1.54) is 17.4 Å². The number of aromatic nitrogens is 5. The van der Waals surface area contributed by atoms with Crippen LogP contribution >= 0.6 is 11.3 Å². The first-order valence-electron chi connectivity index (χ1n) is 9.02. The predicted octanol–water partition coefficient (Wildman–Crippen LogP) is 2.61. The molecule has 1 fully saturated rings. The van der Waals surface area contributed by atoms with Gasteiger partial charge in [0.1, 0.15) is 5.82 Å². The molecule has 1 saturated carbocycles. The molecule has 3 aromatic heterocycles. The molecule has 0 aromatic carbocycles. The van der Waals surface area contributed by atoms with Gasteiger partial charge in [-0.1, -0.05) is 0 Å². The summed E-state index contributed by atoms with van der Waals surface area (Å²) in [5.74, 6) is 0.991. The Morgan fingerprint density at radius 1 is 1.36 bits per heavy atom. The molecule has 0 bridgehead atoms. The molecule has 0 saturated heterocycles. The Labute approximate surface area is 163 Å². The van der Waals surface area contributed by atoms with E-state index in [2.05, 4.69) is 15.3 Å². The van der Waals surface area contributed by atoms with Gasteiger partial charge in [0.15, 0.2) is 0 Å². The maximum atomic E-state index is 12.9. The fraction of sp³-hybridized carbons (Fsp3) is 0.389. The first-order valence-corrected chi connectivity index (χ1v) is 9.84. The van der Waals surface area contributed by atoms with E-state index in [0.717, 1.165) is 27.8 Å². The third kappa shape index (κ3) is 4.12. The van der Waals surface area contributed by atoms with Crippen molar-refractivity contribution in [2.24, 2.45) is 11.7 Å². The lowest BCUT2D eigenvalue weighted by atomic mass is 10.2. The van der Waals surface area contributed by atoms with Gasteiger partial charge in [-0.15, -0.1) is 11.3 Å². The zero-order valence-electron chi connectivity index (χ0n) is 15.1. The van der Waals surface area contributed by atoms with Crippen molar-refractivity contribution in [2.75, 3.05) is 6.54 Å². The second-order valence-electron chi connectivity index (χ2n) is 6.94. The minimum Gasteiger partial charge on any atom is -0.327 e. The van der Waals surface area contributed by atoms with Crippen LogP contribution in [0.4, 0.5) is 8.78 Å². The molecule has 0 radical (unpaired) electrons. The number of hydrogen-bond donors (Lipinski definition) is 2. The zero-order chi connectivity index (χ0) is 19.7. The molecule has 7 nitrogen and oxygen atoms in total. The topological polar surface area (TPSA) is 94.5 Å². The van der Waals surface area contributed by atoms with Crippen molar-refractivity contribution in [3.63, 3.8) is 0 Å². The SMILES string of the molecule is NCC(Cc1n[nH]c(=O)n1Cc1ccc(-c2cnn(CC3CC3)c2)s1)=C(F)F. The monoisotopic (exact) mass is 406 g/mol. The highest BCUT2D eigenvalue weighted by molar-refractivity contribution is 7.15. The summed E-state index contributed by atoms with van der Waals surface area (Å²) in [5, 5.41) is 10.6. The molecule has 0 amide bonds. The summed E-state index contributed by atoms with van der Waals surface area (Å²) in [5.41, 5.74) is 5.74. The summed E-state index contributed by atoms with van der Waals surface area (Å²) < 4.78 is 29.1. The van der Waals surface area contributed by atoms with Crippen LogP contribution in [0, 0.1) is 5.92 Å². The average molecular weight is 406 g/mol. The zero-order valence-corrected chi connectivity index (χ0v) is 15.9. The van der Waals surface area contributed by atoms with Crippen molar-refractivity contribution < 1.29 is 8.78 Å². The summed E-state index contributed by atoms with van der Waals surface area (Å²) in [4.78, 5) is 14.0. The van der Waals surface area contributed by atoms with E-state index in [0.29, 0.717) is 0 Å². The van der Waals surface area contributed by atoms with Crippen LogP contribution in [0.5, 0.6) is 0 Å². The van der Waals surface area contributed by atoms with Crippen molar-refractivity contribution in [1.29, 1.82) is 0 Å². The van der Waals surface area contributed by atoms with Crippen LogP contribution in [0.15, 0.2) is 41.0 Å². The Hall–Kier alpha value is -2.59. The lowest BCUT2D eigenvalue weighted by Gasteiger charge is -2.05. The van der Waals surface area contributed by atoms with Gasteiger partial charge in [-0.3, -0.25) is 9.25 Å². The van der Waals surface area contributed by atoms with Gasteiger partial charge in [-0.05, 0) is 30.9 Å². The molecule has 3 heterocycles. The molecular formula is C18H20F2N6OS. The summed E-state index contributed by atoms with van der Waals surface area (Å²) in [6, 6.07) is 3.91. The number of rotatable bonds is 8. The van der Waals surface area contributed by atoms with Crippen molar-refractivity contribution in [3.05, 3.63) is 57.4 Å². The van der Waals surface area contributed by atoms with Crippen molar-refractivity contribution in [2.45, 2.75) is 32.4 Å². The van der Waals surface area contributed by atoms with Crippen LogP contribution in [-0.2, 0) is 19.5 Å². The lowest BCUT2D eigenvalue weighted by Crippen LogP contribution is -2.20. The molecule has 0 atom stereocenters. The standard InChI is InChI=1S/C18H20F2N6OS/c19-17(20)12(6-21)5-16-23-24-18(27)26(16)10-14-3-4-15(28-14)13-7-22-25(9-13)8-11-1-2-11/h3-4,7,9,11H,1-2,5-6,8,10,21H2,(H,24,27). The number of nitrogens with zero attached hydrogens (tertiary/aromatic N) is 4. The van der Waals surface area contributed by atoms with E-state index in [1.54, 1.807) is 11.3 Å². The summed E-state index contributed by atoms with van der Waals surface area (Å²) in [6.45, 7) is 0.933. The predicted molar refractivity (Wildman–Crippen MR) is 102 cm³/mol. The number of aromatic amines is 1. The Kier molecular flexibility index (Phi) is 5.23. The maximum Gasteiger partial charge on any atom is 0.343 e. The van der Waals surface area contributed by atoms with Crippen LogP contribution in [0.25, 0.3) is 10.4 Å². The van der Waals surface area contributed by atoms with E-state index < -0.39 is 11.8 Å².